The molecule has 3 nitrogen and oxygen atoms in total. The van der Waals surface area contributed by atoms with Crippen molar-refractivity contribution in [2.24, 2.45) is 0 Å². The molecule has 0 saturated carbocycles. The maximum Gasteiger partial charge on any atom is 0.158 e. The highest BCUT2D eigenvalue weighted by Gasteiger charge is 2.13. The number of nitrogens with zero attached hydrogens (tertiary/aromatic N) is 1. The third-order valence-corrected chi connectivity index (χ3v) is 5.05. The molecule has 22 heavy (non-hydrogen) atoms. The second-order valence-electron chi connectivity index (χ2n) is 5.74. The Hall–Kier alpha value is -2.12. The molecule has 0 radical (unpaired) electrons. The number of rotatable bonds is 5. The molecule has 0 bridgehead atoms. The van der Waals surface area contributed by atoms with Crippen LogP contribution in [0.1, 0.15) is 42.0 Å². The Balaban J connectivity index is 2.08. The summed E-state index contributed by atoms with van der Waals surface area (Å²) in [6.45, 7) is 4.22. The van der Waals surface area contributed by atoms with Crippen molar-refractivity contribution in [3.63, 3.8) is 0 Å². The Bertz CT molecular complexity index is 767. The smallest absolute Gasteiger partial charge is 0.158 e. The summed E-state index contributed by atoms with van der Waals surface area (Å²) < 4.78 is 24.6. The van der Waals surface area contributed by atoms with Gasteiger partial charge in [-0.2, -0.15) is 5.26 Å². The van der Waals surface area contributed by atoms with Gasteiger partial charge in [0.25, 0.3) is 0 Å². The molecule has 114 valence electrons. The van der Waals surface area contributed by atoms with Crippen LogP contribution in [0, 0.1) is 11.3 Å². The van der Waals surface area contributed by atoms with E-state index in [4.69, 9.17) is 5.26 Å². The molecule has 0 N–H and O–H groups in total. The number of sulfone groups is 1. The first kappa shape index (κ1) is 16.3. The van der Waals surface area contributed by atoms with E-state index in [0.717, 1.165) is 5.56 Å². The van der Waals surface area contributed by atoms with Gasteiger partial charge in [0, 0.05) is 0 Å². The Labute approximate surface area is 132 Å². The molecule has 2 rings (SSSR count). The molecule has 4 heteroatoms. The maximum atomic E-state index is 12.3. The number of hydrogen-bond donors (Lipinski definition) is 0. The van der Waals surface area contributed by atoms with Crippen LogP contribution >= 0.6 is 0 Å². The average Bonchev–Trinajstić information content (AvgIpc) is 2.47. The van der Waals surface area contributed by atoms with Crippen LogP contribution in [0.5, 0.6) is 0 Å². The summed E-state index contributed by atoms with van der Waals surface area (Å²) in [6, 6.07) is 16.4. The zero-order valence-electron chi connectivity index (χ0n) is 12.8. The van der Waals surface area contributed by atoms with Gasteiger partial charge in [0.2, 0.25) is 0 Å². The van der Waals surface area contributed by atoms with Gasteiger partial charge >= 0.3 is 0 Å². The Kier molecular flexibility index (Phi) is 4.99. The lowest BCUT2D eigenvalue weighted by molar-refractivity contribution is 0.594. The normalized spacial score (nSPS) is 11.4. The lowest BCUT2D eigenvalue weighted by Crippen LogP contribution is -2.07. The van der Waals surface area contributed by atoms with Crippen molar-refractivity contribution in [3.05, 3.63) is 70.8 Å². The van der Waals surface area contributed by atoms with Crippen molar-refractivity contribution in [2.45, 2.75) is 31.3 Å². The molecular formula is C18H19NO2S. The number of benzene rings is 2. The lowest BCUT2D eigenvalue weighted by Gasteiger charge is -2.08. The van der Waals surface area contributed by atoms with Crippen molar-refractivity contribution in [3.8, 4) is 6.07 Å². The van der Waals surface area contributed by atoms with Crippen LogP contribution in [-0.4, -0.2) is 8.42 Å². The number of hydrogen-bond acceptors (Lipinski definition) is 3. The van der Waals surface area contributed by atoms with Gasteiger partial charge in [-0.05, 0) is 34.7 Å². The Morgan fingerprint density at radius 2 is 1.36 bits per heavy atom. The SMILES string of the molecule is CC(C)c1ccc(CS(=O)(=O)Cc2ccc(C#N)cc2)cc1. The zero-order chi connectivity index (χ0) is 16.2. The second-order valence-corrected chi connectivity index (χ2v) is 7.80. The Morgan fingerprint density at radius 3 is 1.77 bits per heavy atom. The maximum absolute atomic E-state index is 12.3. The van der Waals surface area contributed by atoms with Gasteiger partial charge in [-0.1, -0.05) is 50.2 Å². The molecule has 0 spiro atoms. The van der Waals surface area contributed by atoms with E-state index < -0.39 is 9.84 Å². The largest absolute Gasteiger partial charge is 0.228 e. The van der Waals surface area contributed by atoms with E-state index in [9.17, 15) is 8.42 Å². The third-order valence-electron chi connectivity index (χ3n) is 3.50. The summed E-state index contributed by atoms with van der Waals surface area (Å²) in [5.74, 6) is 0.458. The summed E-state index contributed by atoms with van der Waals surface area (Å²) in [7, 11) is -3.22. The highest BCUT2D eigenvalue weighted by molar-refractivity contribution is 7.89. The molecule has 0 aliphatic carbocycles. The summed E-state index contributed by atoms with van der Waals surface area (Å²) in [4.78, 5) is 0. The molecule has 0 aliphatic heterocycles. The summed E-state index contributed by atoms with van der Waals surface area (Å²) in [5.41, 5.74) is 3.24. The molecule has 0 aliphatic rings. The van der Waals surface area contributed by atoms with Gasteiger partial charge in [-0.15, -0.1) is 0 Å². The molecule has 0 amide bonds. The fraction of sp³-hybridized carbons (Fsp3) is 0.278. The molecule has 0 atom stereocenters. The summed E-state index contributed by atoms with van der Waals surface area (Å²) in [6.07, 6.45) is 0. The van der Waals surface area contributed by atoms with Crippen LogP contribution in [0.4, 0.5) is 0 Å². The van der Waals surface area contributed by atoms with Crippen molar-refractivity contribution in [1.29, 1.82) is 5.26 Å². The van der Waals surface area contributed by atoms with E-state index >= 15 is 0 Å². The van der Waals surface area contributed by atoms with Gasteiger partial charge in [0.1, 0.15) is 0 Å². The highest BCUT2D eigenvalue weighted by atomic mass is 32.2. The summed E-state index contributed by atoms with van der Waals surface area (Å²) >= 11 is 0. The zero-order valence-corrected chi connectivity index (χ0v) is 13.6. The highest BCUT2D eigenvalue weighted by Crippen LogP contribution is 2.17. The first-order valence-corrected chi connectivity index (χ1v) is 9.00. The molecule has 0 heterocycles. The van der Waals surface area contributed by atoms with E-state index in [1.54, 1.807) is 24.3 Å². The minimum absolute atomic E-state index is 0.00929. The minimum atomic E-state index is -3.22. The van der Waals surface area contributed by atoms with Crippen molar-refractivity contribution in [1.82, 2.24) is 0 Å². The average molecular weight is 313 g/mol. The monoisotopic (exact) mass is 313 g/mol. The molecular weight excluding hydrogens is 294 g/mol. The molecule has 0 fully saturated rings. The molecule has 0 saturated heterocycles. The number of nitriles is 1. The van der Waals surface area contributed by atoms with E-state index in [2.05, 4.69) is 13.8 Å². The predicted molar refractivity (Wildman–Crippen MR) is 88.0 cm³/mol. The Morgan fingerprint density at radius 1 is 0.909 bits per heavy atom. The van der Waals surface area contributed by atoms with Crippen LogP contribution in [-0.2, 0) is 21.3 Å². The molecule has 2 aromatic carbocycles. The van der Waals surface area contributed by atoms with E-state index in [1.807, 2.05) is 30.3 Å². The fourth-order valence-corrected chi connectivity index (χ4v) is 3.74. The molecule has 0 unspecified atom stereocenters. The quantitative estimate of drug-likeness (QED) is 0.843. The van der Waals surface area contributed by atoms with Crippen LogP contribution in [0.25, 0.3) is 0 Å². The van der Waals surface area contributed by atoms with Gasteiger partial charge in [-0.3, -0.25) is 0 Å². The van der Waals surface area contributed by atoms with Gasteiger partial charge < -0.3 is 0 Å². The lowest BCUT2D eigenvalue weighted by atomic mass is 10.0. The van der Waals surface area contributed by atoms with Crippen molar-refractivity contribution in [2.75, 3.05) is 0 Å². The standard InChI is InChI=1S/C18H19NO2S/c1-14(2)18-9-7-17(8-10-18)13-22(20,21)12-16-5-3-15(11-19)4-6-16/h3-10,14H,12-13H2,1-2H3. The van der Waals surface area contributed by atoms with E-state index in [0.29, 0.717) is 17.0 Å². The second kappa shape index (κ2) is 6.76. The fourth-order valence-electron chi connectivity index (χ4n) is 2.23. The van der Waals surface area contributed by atoms with Crippen LogP contribution in [0.3, 0.4) is 0 Å². The minimum Gasteiger partial charge on any atom is -0.228 e. The molecule has 2 aromatic rings. The summed E-state index contributed by atoms with van der Waals surface area (Å²) in [5, 5.41) is 8.75. The topological polar surface area (TPSA) is 57.9 Å². The van der Waals surface area contributed by atoms with Crippen LogP contribution < -0.4 is 0 Å². The van der Waals surface area contributed by atoms with Crippen LogP contribution in [0.15, 0.2) is 48.5 Å². The first-order chi connectivity index (χ1) is 10.4. The predicted octanol–water partition coefficient (Wildman–Crippen LogP) is 3.80. The van der Waals surface area contributed by atoms with Crippen molar-refractivity contribution >= 4 is 9.84 Å². The van der Waals surface area contributed by atoms with Gasteiger partial charge in [0.05, 0.1) is 23.1 Å². The first-order valence-electron chi connectivity index (χ1n) is 7.18. The van der Waals surface area contributed by atoms with Crippen molar-refractivity contribution < 1.29 is 8.42 Å². The molecule has 0 aromatic heterocycles. The van der Waals surface area contributed by atoms with E-state index in [-0.39, 0.29) is 11.5 Å². The third kappa shape index (κ3) is 4.44. The van der Waals surface area contributed by atoms with Gasteiger partial charge in [0.15, 0.2) is 9.84 Å². The van der Waals surface area contributed by atoms with Gasteiger partial charge in [-0.25, -0.2) is 8.42 Å². The van der Waals surface area contributed by atoms with E-state index in [1.165, 1.54) is 5.56 Å². The van der Waals surface area contributed by atoms with Crippen LogP contribution in [0.2, 0.25) is 0 Å².